The normalized spacial score (nSPS) is 16.1. The van der Waals surface area contributed by atoms with Crippen LogP contribution in [0.1, 0.15) is 29.7 Å². The molecule has 0 saturated carbocycles. The third kappa shape index (κ3) is 6.21. The van der Waals surface area contributed by atoms with Crippen LogP contribution in [0.2, 0.25) is 0 Å². The monoisotopic (exact) mass is 538 g/mol. The largest absolute Gasteiger partial charge is 0.493 e. The maximum Gasteiger partial charge on any atom is 0.267 e. The first-order chi connectivity index (χ1) is 19.0. The van der Waals surface area contributed by atoms with E-state index in [1.54, 1.807) is 24.1 Å². The van der Waals surface area contributed by atoms with Gasteiger partial charge in [0.15, 0.2) is 16.7 Å². The van der Waals surface area contributed by atoms with Crippen LogP contribution in [0.25, 0.3) is 6.08 Å². The molecule has 1 fully saturated rings. The van der Waals surface area contributed by atoms with Gasteiger partial charge in [-0.25, -0.2) is 9.38 Å². The van der Waals surface area contributed by atoms with E-state index in [1.165, 1.54) is 23.9 Å². The summed E-state index contributed by atoms with van der Waals surface area (Å²) in [5, 5.41) is 0.625. The quantitative estimate of drug-likeness (QED) is 0.215. The molecule has 196 valence electrons. The van der Waals surface area contributed by atoms with Gasteiger partial charge in [0.05, 0.1) is 23.7 Å². The summed E-state index contributed by atoms with van der Waals surface area (Å²) in [5.41, 5.74) is 3.45. The number of methoxy groups -OCH3 is 1. The number of amidine groups is 1. The van der Waals surface area contributed by atoms with Crippen LogP contribution in [0.5, 0.6) is 11.5 Å². The maximum absolute atomic E-state index is 13.7. The molecule has 5 rings (SSSR count). The number of carbonyl (C=O) groups is 1. The number of rotatable bonds is 8. The number of hydrogen-bond acceptors (Lipinski definition) is 5. The Morgan fingerprint density at radius 1 is 0.923 bits per heavy atom. The fourth-order valence-electron chi connectivity index (χ4n) is 4.19. The molecule has 0 bridgehead atoms. The van der Waals surface area contributed by atoms with E-state index in [2.05, 4.69) is 0 Å². The number of benzene rings is 4. The number of aliphatic imine (C=N–C) groups is 1. The van der Waals surface area contributed by atoms with Crippen molar-refractivity contribution in [1.29, 1.82) is 0 Å². The molecule has 0 unspecified atom stereocenters. The zero-order valence-electron chi connectivity index (χ0n) is 21.6. The van der Waals surface area contributed by atoms with Crippen molar-refractivity contribution in [2.75, 3.05) is 7.11 Å². The second kappa shape index (κ2) is 12.0. The van der Waals surface area contributed by atoms with E-state index in [9.17, 15) is 9.18 Å². The van der Waals surface area contributed by atoms with Crippen LogP contribution in [0, 0.1) is 5.82 Å². The highest BCUT2D eigenvalue weighted by molar-refractivity contribution is 8.18. The number of amides is 1. The third-order valence-corrected chi connectivity index (χ3v) is 7.26. The number of hydrogen-bond donors (Lipinski definition) is 0. The molecule has 0 aromatic heterocycles. The molecule has 1 atom stereocenters. The van der Waals surface area contributed by atoms with Gasteiger partial charge in [-0.15, -0.1) is 0 Å². The van der Waals surface area contributed by atoms with Crippen LogP contribution < -0.4 is 9.47 Å². The zero-order chi connectivity index (χ0) is 27.2. The Morgan fingerprint density at radius 3 is 2.31 bits per heavy atom. The minimum absolute atomic E-state index is 0.110. The minimum Gasteiger partial charge on any atom is -0.493 e. The van der Waals surface area contributed by atoms with E-state index in [0.717, 1.165) is 22.4 Å². The first-order valence-corrected chi connectivity index (χ1v) is 13.3. The van der Waals surface area contributed by atoms with E-state index in [-0.39, 0.29) is 24.4 Å². The topological polar surface area (TPSA) is 51.1 Å². The molecular weight excluding hydrogens is 511 g/mol. The molecule has 39 heavy (non-hydrogen) atoms. The lowest BCUT2D eigenvalue weighted by molar-refractivity contribution is -0.123. The molecule has 1 saturated heterocycles. The molecule has 0 aliphatic carbocycles. The molecule has 4 aromatic rings. The molecule has 5 nitrogen and oxygen atoms in total. The number of nitrogens with zero attached hydrogens (tertiary/aromatic N) is 2. The highest BCUT2D eigenvalue weighted by atomic mass is 32.2. The van der Waals surface area contributed by atoms with Gasteiger partial charge < -0.3 is 9.47 Å². The molecule has 1 heterocycles. The van der Waals surface area contributed by atoms with Gasteiger partial charge in [0.25, 0.3) is 5.91 Å². The van der Waals surface area contributed by atoms with Crippen molar-refractivity contribution in [3.8, 4) is 11.5 Å². The van der Waals surface area contributed by atoms with Crippen LogP contribution in [0.3, 0.4) is 0 Å². The van der Waals surface area contributed by atoms with E-state index < -0.39 is 0 Å². The van der Waals surface area contributed by atoms with E-state index >= 15 is 0 Å². The van der Waals surface area contributed by atoms with Gasteiger partial charge in [0, 0.05) is 0 Å². The lowest BCUT2D eigenvalue weighted by Gasteiger charge is -2.24. The highest BCUT2D eigenvalue weighted by Gasteiger charge is 2.37. The van der Waals surface area contributed by atoms with Gasteiger partial charge in [0.1, 0.15) is 12.4 Å². The maximum atomic E-state index is 13.7. The van der Waals surface area contributed by atoms with Crippen molar-refractivity contribution in [3.05, 3.63) is 131 Å². The Kier molecular flexibility index (Phi) is 8.08. The van der Waals surface area contributed by atoms with Crippen LogP contribution in [0.4, 0.5) is 10.1 Å². The van der Waals surface area contributed by atoms with Gasteiger partial charge in [-0.3, -0.25) is 9.69 Å². The van der Waals surface area contributed by atoms with Crippen molar-refractivity contribution >= 4 is 34.6 Å². The Morgan fingerprint density at radius 2 is 1.62 bits per heavy atom. The Hall–Kier alpha value is -4.36. The summed E-state index contributed by atoms with van der Waals surface area (Å²) in [6.45, 7) is 2.28. The number of halogens is 1. The molecule has 1 amide bonds. The second-order valence-electron chi connectivity index (χ2n) is 8.93. The Labute approximate surface area is 231 Å². The minimum atomic E-state index is -0.290. The number of carbonyl (C=O) groups excluding carboxylic acids is 1. The summed E-state index contributed by atoms with van der Waals surface area (Å²) in [6, 6.07) is 31.0. The summed E-state index contributed by atoms with van der Waals surface area (Å²) < 4.78 is 24.7. The van der Waals surface area contributed by atoms with Crippen LogP contribution >= 0.6 is 11.8 Å². The van der Waals surface area contributed by atoms with E-state index in [0.29, 0.717) is 21.6 Å². The van der Waals surface area contributed by atoms with Crippen molar-refractivity contribution in [3.63, 3.8) is 0 Å². The average Bonchev–Trinajstić information content (AvgIpc) is 3.27. The predicted molar refractivity (Wildman–Crippen MR) is 155 cm³/mol. The van der Waals surface area contributed by atoms with Crippen molar-refractivity contribution in [2.24, 2.45) is 4.99 Å². The zero-order valence-corrected chi connectivity index (χ0v) is 22.4. The highest BCUT2D eigenvalue weighted by Crippen LogP contribution is 2.40. The smallest absolute Gasteiger partial charge is 0.267 e. The van der Waals surface area contributed by atoms with Crippen molar-refractivity contribution in [1.82, 2.24) is 4.90 Å². The molecule has 4 aromatic carbocycles. The standard InChI is InChI=1S/C32H27FN2O3S/c1-22(25-9-5-3-6-10-25)35-31(36)30(39-32(35)34-27-11-7-4-8-12-27)20-24-15-18-28(29(19-24)37-2)38-21-23-13-16-26(33)17-14-23/h3-20,22H,21H2,1-2H3/b30-20+,34-32?/t22-/m0/s1. The fourth-order valence-corrected chi connectivity index (χ4v) is 5.25. The number of ether oxygens (including phenoxy) is 2. The van der Waals surface area contributed by atoms with Gasteiger partial charge in [-0.1, -0.05) is 66.7 Å². The summed E-state index contributed by atoms with van der Waals surface area (Å²) in [7, 11) is 1.57. The molecule has 7 heteroatoms. The third-order valence-electron chi connectivity index (χ3n) is 6.28. The van der Waals surface area contributed by atoms with Crippen LogP contribution in [-0.4, -0.2) is 23.1 Å². The van der Waals surface area contributed by atoms with Crippen LogP contribution in [-0.2, 0) is 11.4 Å². The molecule has 1 aliphatic rings. The summed E-state index contributed by atoms with van der Waals surface area (Å²) in [6.07, 6.45) is 1.84. The first-order valence-electron chi connectivity index (χ1n) is 12.5. The summed E-state index contributed by atoms with van der Waals surface area (Å²) in [5.74, 6) is 0.693. The Bertz CT molecular complexity index is 1510. The number of para-hydroxylation sites is 1. The molecule has 0 radical (unpaired) electrons. The second-order valence-corrected chi connectivity index (χ2v) is 9.94. The first kappa shape index (κ1) is 26.3. The van der Waals surface area contributed by atoms with Gasteiger partial charge in [-0.05, 0) is 77.9 Å². The summed E-state index contributed by atoms with van der Waals surface area (Å²) in [4.78, 5) is 20.8. The van der Waals surface area contributed by atoms with Gasteiger partial charge >= 0.3 is 0 Å². The number of thioether (sulfide) groups is 1. The lowest BCUT2D eigenvalue weighted by atomic mass is 10.1. The predicted octanol–water partition coefficient (Wildman–Crippen LogP) is 7.78. The SMILES string of the molecule is COc1cc(/C=C2/SC(=Nc3ccccc3)N([C@@H](C)c3ccccc3)C2=O)ccc1OCc1ccc(F)cc1. The molecule has 0 N–H and O–H groups in total. The van der Waals surface area contributed by atoms with Gasteiger partial charge in [0.2, 0.25) is 0 Å². The summed E-state index contributed by atoms with van der Waals surface area (Å²) >= 11 is 1.35. The van der Waals surface area contributed by atoms with Gasteiger partial charge in [-0.2, -0.15) is 0 Å². The Balaban J connectivity index is 1.42. The van der Waals surface area contributed by atoms with Crippen molar-refractivity contribution < 1.29 is 18.7 Å². The molecular formula is C32H27FN2O3S. The van der Waals surface area contributed by atoms with Crippen LogP contribution in [0.15, 0.2) is 113 Å². The van der Waals surface area contributed by atoms with Crippen molar-refractivity contribution in [2.45, 2.75) is 19.6 Å². The fraction of sp³-hybridized carbons (Fsp3) is 0.125. The van der Waals surface area contributed by atoms with E-state index in [1.807, 2.05) is 91.9 Å². The lowest BCUT2D eigenvalue weighted by Crippen LogP contribution is -2.32. The molecule has 1 aliphatic heterocycles. The van der Waals surface area contributed by atoms with E-state index in [4.69, 9.17) is 14.5 Å². The molecule has 0 spiro atoms. The average molecular weight is 539 g/mol.